The third kappa shape index (κ3) is 6.80. The number of amides is 3. The molecule has 1 saturated heterocycles. The number of carbonyl (C=O) groups excluding carboxylic acids is 2. The van der Waals surface area contributed by atoms with Crippen LogP contribution in [-0.4, -0.2) is 57.2 Å². The van der Waals surface area contributed by atoms with Crippen molar-refractivity contribution in [2.45, 2.75) is 25.4 Å². The Kier molecular flexibility index (Phi) is 8.64. The SMILES string of the molecule is COc1ccc(NC(=O)N(C)c2ccc(C(=O)NC3CCN(Cc4ccccc4)CC3)c(OC)c2)cc1. The van der Waals surface area contributed by atoms with Crippen LogP contribution in [0.3, 0.4) is 0 Å². The molecule has 2 N–H and O–H groups in total. The molecule has 1 fully saturated rings. The quantitative estimate of drug-likeness (QED) is 0.464. The number of nitrogens with one attached hydrogen (secondary N) is 2. The third-order valence-electron chi connectivity index (χ3n) is 6.63. The second-order valence-electron chi connectivity index (χ2n) is 9.11. The number of likely N-dealkylation sites (tertiary alicyclic amines) is 1. The first kappa shape index (κ1) is 26.0. The zero-order chi connectivity index (χ0) is 26.2. The highest BCUT2D eigenvalue weighted by Gasteiger charge is 2.23. The van der Waals surface area contributed by atoms with Gasteiger partial charge >= 0.3 is 6.03 Å². The lowest BCUT2D eigenvalue weighted by Gasteiger charge is -2.32. The molecule has 3 aromatic carbocycles. The van der Waals surface area contributed by atoms with E-state index in [0.717, 1.165) is 32.5 Å². The number of anilines is 2. The van der Waals surface area contributed by atoms with Crippen molar-refractivity contribution in [2.24, 2.45) is 0 Å². The molecule has 8 heteroatoms. The summed E-state index contributed by atoms with van der Waals surface area (Å²) in [6.07, 6.45) is 1.79. The highest BCUT2D eigenvalue weighted by Crippen LogP contribution is 2.26. The van der Waals surface area contributed by atoms with Crippen molar-refractivity contribution in [2.75, 3.05) is 44.6 Å². The van der Waals surface area contributed by atoms with Gasteiger partial charge in [-0.15, -0.1) is 0 Å². The molecule has 0 bridgehead atoms. The molecule has 3 aromatic rings. The van der Waals surface area contributed by atoms with E-state index in [1.54, 1.807) is 56.6 Å². The van der Waals surface area contributed by atoms with Gasteiger partial charge in [0.25, 0.3) is 5.91 Å². The van der Waals surface area contributed by atoms with Gasteiger partial charge < -0.3 is 20.1 Å². The largest absolute Gasteiger partial charge is 0.497 e. The van der Waals surface area contributed by atoms with Crippen molar-refractivity contribution in [1.29, 1.82) is 0 Å². The average Bonchev–Trinajstić information content (AvgIpc) is 2.94. The normalized spacial score (nSPS) is 14.0. The summed E-state index contributed by atoms with van der Waals surface area (Å²) in [4.78, 5) is 29.7. The monoisotopic (exact) mass is 502 g/mol. The molecule has 0 unspecified atom stereocenters. The smallest absolute Gasteiger partial charge is 0.326 e. The number of rotatable bonds is 8. The molecule has 0 aliphatic carbocycles. The van der Waals surface area contributed by atoms with Crippen LogP contribution >= 0.6 is 0 Å². The Morgan fingerprint density at radius 1 is 0.946 bits per heavy atom. The summed E-state index contributed by atoms with van der Waals surface area (Å²) in [5.41, 5.74) is 3.00. The summed E-state index contributed by atoms with van der Waals surface area (Å²) in [5, 5.41) is 6.01. The number of nitrogens with zero attached hydrogens (tertiary/aromatic N) is 2. The topological polar surface area (TPSA) is 83.1 Å². The van der Waals surface area contributed by atoms with Gasteiger partial charge in [-0.1, -0.05) is 30.3 Å². The van der Waals surface area contributed by atoms with Crippen molar-refractivity contribution in [3.05, 3.63) is 83.9 Å². The molecule has 1 aliphatic heterocycles. The van der Waals surface area contributed by atoms with Gasteiger partial charge in [0, 0.05) is 50.2 Å². The Labute approximate surface area is 218 Å². The molecule has 8 nitrogen and oxygen atoms in total. The molecule has 0 spiro atoms. The number of benzene rings is 3. The highest BCUT2D eigenvalue weighted by molar-refractivity contribution is 6.02. The maximum atomic E-state index is 13.1. The molecule has 1 aliphatic rings. The molecule has 0 atom stereocenters. The van der Waals surface area contributed by atoms with Crippen LogP contribution < -0.4 is 25.0 Å². The summed E-state index contributed by atoms with van der Waals surface area (Å²) < 4.78 is 10.7. The summed E-state index contributed by atoms with van der Waals surface area (Å²) in [6, 6.07) is 22.5. The van der Waals surface area contributed by atoms with Gasteiger partial charge in [-0.05, 0) is 54.8 Å². The second kappa shape index (κ2) is 12.3. The molecule has 194 valence electrons. The van der Waals surface area contributed by atoms with Gasteiger partial charge in [-0.2, -0.15) is 0 Å². The Bertz CT molecular complexity index is 1190. The van der Waals surface area contributed by atoms with Crippen molar-refractivity contribution in [3.8, 4) is 11.5 Å². The number of ether oxygens (including phenoxy) is 2. The lowest BCUT2D eigenvalue weighted by Crippen LogP contribution is -2.44. The number of piperidine rings is 1. The predicted octanol–water partition coefficient (Wildman–Crippen LogP) is 4.77. The molecule has 0 radical (unpaired) electrons. The molecule has 37 heavy (non-hydrogen) atoms. The Balaban J connectivity index is 1.33. The maximum absolute atomic E-state index is 13.1. The van der Waals surface area contributed by atoms with Crippen LogP contribution in [0.15, 0.2) is 72.8 Å². The van der Waals surface area contributed by atoms with E-state index in [2.05, 4.69) is 39.8 Å². The summed E-state index contributed by atoms with van der Waals surface area (Å²) >= 11 is 0. The standard InChI is InChI=1S/C29H34N4O4/c1-32(29(35)31-22-9-12-25(36-2)13-10-22)24-11-14-26(27(19-24)37-3)28(34)30-23-15-17-33(18-16-23)20-21-7-5-4-6-8-21/h4-14,19,23H,15-18,20H2,1-3H3,(H,30,34)(H,31,35). The van der Waals surface area contributed by atoms with Crippen LogP contribution in [-0.2, 0) is 6.54 Å². The van der Waals surface area contributed by atoms with Crippen molar-refractivity contribution in [1.82, 2.24) is 10.2 Å². The van der Waals surface area contributed by atoms with Crippen LogP contribution in [0.4, 0.5) is 16.2 Å². The van der Waals surface area contributed by atoms with Crippen LogP contribution in [0.25, 0.3) is 0 Å². The lowest BCUT2D eigenvalue weighted by molar-refractivity contribution is 0.0906. The van der Waals surface area contributed by atoms with E-state index >= 15 is 0 Å². The molecule has 3 amide bonds. The summed E-state index contributed by atoms with van der Waals surface area (Å²) in [6.45, 7) is 2.80. The van der Waals surface area contributed by atoms with E-state index in [0.29, 0.717) is 28.4 Å². The predicted molar refractivity (Wildman–Crippen MR) is 146 cm³/mol. The first-order valence-electron chi connectivity index (χ1n) is 12.4. The minimum Gasteiger partial charge on any atom is -0.497 e. The number of hydrogen-bond acceptors (Lipinski definition) is 5. The molecular weight excluding hydrogens is 468 g/mol. The van der Waals surface area contributed by atoms with Crippen LogP contribution in [0.2, 0.25) is 0 Å². The average molecular weight is 503 g/mol. The number of carbonyl (C=O) groups is 2. The summed E-state index contributed by atoms with van der Waals surface area (Å²) in [7, 11) is 4.78. The highest BCUT2D eigenvalue weighted by atomic mass is 16.5. The summed E-state index contributed by atoms with van der Waals surface area (Å²) in [5.74, 6) is 0.957. The number of hydrogen-bond donors (Lipinski definition) is 2. The third-order valence-corrected chi connectivity index (χ3v) is 6.63. The zero-order valence-electron chi connectivity index (χ0n) is 21.6. The van der Waals surface area contributed by atoms with Crippen LogP contribution in [0, 0.1) is 0 Å². The fraction of sp³-hybridized carbons (Fsp3) is 0.310. The fourth-order valence-corrected chi connectivity index (χ4v) is 4.42. The van der Waals surface area contributed by atoms with Crippen LogP contribution in [0.1, 0.15) is 28.8 Å². The van der Waals surface area contributed by atoms with Gasteiger partial charge in [0.1, 0.15) is 11.5 Å². The van der Waals surface area contributed by atoms with Gasteiger partial charge in [0.2, 0.25) is 0 Å². The minimum absolute atomic E-state index is 0.113. The molecule has 0 aromatic heterocycles. The fourth-order valence-electron chi connectivity index (χ4n) is 4.42. The minimum atomic E-state index is -0.313. The van der Waals surface area contributed by atoms with Gasteiger partial charge in [-0.25, -0.2) is 4.79 Å². The second-order valence-corrected chi connectivity index (χ2v) is 9.11. The van der Waals surface area contributed by atoms with E-state index in [1.165, 1.54) is 17.6 Å². The van der Waals surface area contributed by atoms with E-state index in [-0.39, 0.29) is 18.0 Å². The first-order valence-corrected chi connectivity index (χ1v) is 12.4. The van der Waals surface area contributed by atoms with Gasteiger partial charge in [0.05, 0.1) is 19.8 Å². The van der Waals surface area contributed by atoms with Crippen molar-refractivity contribution < 1.29 is 19.1 Å². The van der Waals surface area contributed by atoms with E-state index in [9.17, 15) is 9.59 Å². The number of urea groups is 1. The Morgan fingerprint density at radius 3 is 2.30 bits per heavy atom. The maximum Gasteiger partial charge on any atom is 0.326 e. The molecule has 0 saturated carbocycles. The van der Waals surface area contributed by atoms with E-state index < -0.39 is 0 Å². The van der Waals surface area contributed by atoms with Crippen molar-refractivity contribution in [3.63, 3.8) is 0 Å². The number of methoxy groups -OCH3 is 2. The molecular formula is C29H34N4O4. The lowest BCUT2D eigenvalue weighted by atomic mass is 10.0. The van der Waals surface area contributed by atoms with Crippen LogP contribution in [0.5, 0.6) is 11.5 Å². The van der Waals surface area contributed by atoms with E-state index in [1.807, 2.05) is 6.07 Å². The van der Waals surface area contributed by atoms with Gasteiger partial charge in [0.15, 0.2) is 0 Å². The molecule has 1 heterocycles. The Hall–Kier alpha value is -4.04. The zero-order valence-corrected chi connectivity index (χ0v) is 21.6. The van der Waals surface area contributed by atoms with Gasteiger partial charge in [-0.3, -0.25) is 14.6 Å². The first-order chi connectivity index (χ1) is 18.0. The molecule has 4 rings (SSSR count). The van der Waals surface area contributed by atoms with Crippen molar-refractivity contribution >= 4 is 23.3 Å². The Morgan fingerprint density at radius 2 is 1.65 bits per heavy atom. The van der Waals surface area contributed by atoms with E-state index in [4.69, 9.17) is 9.47 Å².